The van der Waals surface area contributed by atoms with Crippen LogP contribution in [0.3, 0.4) is 0 Å². The molecule has 1 aliphatic heterocycles. The predicted molar refractivity (Wildman–Crippen MR) is 77.4 cm³/mol. The minimum absolute atomic E-state index is 0.149. The lowest BCUT2D eigenvalue weighted by Gasteiger charge is -2.05. The fourth-order valence-electron chi connectivity index (χ4n) is 1.82. The Morgan fingerprint density at radius 2 is 1.50 bits per heavy atom. The average molecular weight is 272 g/mol. The van der Waals surface area contributed by atoms with Crippen molar-refractivity contribution < 1.29 is 19.5 Å². The van der Waals surface area contributed by atoms with Crippen molar-refractivity contribution in [1.82, 2.24) is 0 Å². The Morgan fingerprint density at radius 3 is 1.95 bits per heavy atom. The van der Waals surface area contributed by atoms with Gasteiger partial charge in [-0.05, 0) is 11.0 Å². The molecule has 5 heteroatoms. The topological polar surface area (TPSA) is 58.9 Å². The maximum atomic E-state index is 8.58. The maximum Gasteiger partial charge on any atom is 0.488 e. The van der Waals surface area contributed by atoms with Crippen LogP contribution in [0.2, 0.25) is 0 Å². The van der Waals surface area contributed by atoms with Gasteiger partial charge in [-0.15, -0.1) is 0 Å². The van der Waals surface area contributed by atoms with Gasteiger partial charge in [0.15, 0.2) is 0 Å². The molecule has 0 spiro atoms. The van der Waals surface area contributed by atoms with Crippen LogP contribution in [0.15, 0.2) is 60.7 Å². The molecule has 20 heavy (non-hydrogen) atoms. The molecule has 1 unspecified atom stereocenters. The number of hydrogen-bond acceptors (Lipinski definition) is 4. The molecule has 0 radical (unpaired) electrons. The molecule has 0 bridgehead atoms. The van der Waals surface area contributed by atoms with Crippen LogP contribution >= 0.6 is 0 Å². The minimum atomic E-state index is -1.34. The van der Waals surface area contributed by atoms with Crippen LogP contribution in [-0.2, 0) is 9.47 Å². The zero-order valence-corrected chi connectivity index (χ0v) is 11.1. The fraction of sp³-hybridized carbons (Fsp3) is 0.200. The predicted octanol–water partition coefficient (Wildman–Crippen LogP) is 1.10. The highest BCUT2D eigenvalue weighted by molar-refractivity contribution is 6.58. The lowest BCUT2D eigenvalue weighted by molar-refractivity contribution is 0.0466. The number of benzene rings is 2. The Kier molecular flexibility index (Phi) is 5.77. The zero-order chi connectivity index (χ0) is 14.2. The maximum absolute atomic E-state index is 8.58. The first kappa shape index (κ1) is 14.7. The third-order valence-corrected chi connectivity index (χ3v) is 2.89. The molecule has 1 aliphatic rings. The van der Waals surface area contributed by atoms with Crippen molar-refractivity contribution in [2.24, 2.45) is 0 Å². The Balaban J connectivity index is 0.000000151. The van der Waals surface area contributed by atoms with Crippen LogP contribution in [0.1, 0.15) is 11.7 Å². The summed E-state index contributed by atoms with van der Waals surface area (Å²) in [6.45, 7) is 1.11. The van der Waals surface area contributed by atoms with E-state index in [1.807, 2.05) is 24.3 Å². The number of ether oxygens (including phenoxy) is 2. The lowest BCUT2D eigenvalue weighted by atomic mass is 9.81. The molecule has 1 atom stereocenters. The summed E-state index contributed by atoms with van der Waals surface area (Å²) in [4.78, 5) is 0. The second kappa shape index (κ2) is 7.82. The molecule has 1 fully saturated rings. The lowest BCUT2D eigenvalue weighted by Crippen LogP contribution is -2.29. The first-order valence-corrected chi connectivity index (χ1v) is 6.43. The summed E-state index contributed by atoms with van der Waals surface area (Å²) in [5.74, 6) is 0. The third kappa shape index (κ3) is 4.47. The molecule has 0 aliphatic carbocycles. The summed E-state index contributed by atoms with van der Waals surface area (Å²) >= 11 is 0. The van der Waals surface area contributed by atoms with Crippen molar-refractivity contribution in [3.8, 4) is 0 Å². The normalized spacial score (nSPS) is 17.2. The van der Waals surface area contributed by atoms with E-state index in [1.54, 1.807) is 24.3 Å². The first-order valence-electron chi connectivity index (χ1n) is 6.43. The van der Waals surface area contributed by atoms with Gasteiger partial charge in [-0.1, -0.05) is 60.7 Å². The summed E-state index contributed by atoms with van der Waals surface area (Å²) in [6, 6.07) is 18.8. The highest BCUT2D eigenvalue weighted by Crippen LogP contribution is 2.21. The van der Waals surface area contributed by atoms with Gasteiger partial charge in [0, 0.05) is 0 Å². The van der Waals surface area contributed by atoms with Crippen molar-refractivity contribution in [2.75, 3.05) is 13.4 Å². The monoisotopic (exact) mass is 272 g/mol. The SMILES string of the molecule is OB(O)c1ccccc1.c1ccc(C2COCO2)cc1. The highest BCUT2D eigenvalue weighted by atomic mass is 16.7. The van der Waals surface area contributed by atoms with Crippen LogP contribution in [0.5, 0.6) is 0 Å². The van der Waals surface area contributed by atoms with Gasteiger partial charge in [-0.2, -0.15) is 0 Å². The van der Waals surface area contributed by atoms with Crippen LogP contribution in [0.4, 0.5) is 0 Å². The molecule has 4 nitrogen and oxygen atoms in total. The van der Waals surface area contributed by atoms with Gasteiger partial charge in [-0.3, -0.25) is 0 Å². The van der Waals surface area contributed by atoms with Crippen LogP contribution in [0, 0.1) is 0 Å². The second-order valence-corrected chi connectivity index (χ2v) is 4.34. The van der Waals surface area contributed by atoms with Crippen LogP contribution < -0.4 is 5.46 Å². The van der Waals surface area contributed by atoms with E-state index >= 15 is 0 Å². The van der Waals surface area contributed by atoms with Gasteiger partial charge < -0.3 is 19.5 Å². The summed E-state index contributed by atoms with van der Waals surface area (Å²) in [6.07, 6.45) is 0.149. The van der Waals surface area contributed by atoms with Crippen LogP contribution in [0.25, 0.3) is 0 Å². The molecule has 0 saturated carbocycles. The highest BCUT2D eigenvalue weighted by Gasteiger charge is 2.17. The van der Waals surface area contributed by atoms with Gasteiger partial charge in [0.2, 0.25) is 0 Å². The van der Waals surface area contributed by atoms with Crippen molar-refractivity contribution in [3.05, 3.63) is 66.2 Å². The molecular formula is C15H17BO4. The zero-order valence-electron chi connectivity index (χ0n) is 11.1. The molecule has 2 N–H and O–H groups in total. The molecule has 3 rings (SSSR count). The van der Waals surface area contributed by atoms with Crippen molar-refractivity contribution >= 4 is 12.6 Å². The smallest absolute Gasteiger partial charge is 0.423 e. The molecule has 1 heterocycles. The Labute approximate surface area is 118 Å². The van der Waals surface area contributed by atoms with Crippen molar-refractivity contribution in [3.63, 3.8) is 0 Å². The molecule has 2 aromatic carbocycles. The van der Waals surface area contributed by atoms with E-state index in [2.05, 4.69) is 12.1 Å². The Bertz CT molecular complexity index is 484. The van der Waals surface area contributed by atoms with Crippen molar-refractivity contribution in [1.29, 1.82) is 0 Å². The second-order valence-electron chi connectivity index (χ2n) is 4.34. The first-order chi connectivity index (χ1) is 9.77. The summed E-state index contributed by atoms with van der Waals surface area (Å²) in [5.41, 5.74) is 1.72. The van der Waals surface area contributed by atoms with E-state index in [9.17, 15) is 0 Å². The van der Waals surface area contributed by atoms with Gasteiger partial charge in [0.05, 0.1) is 6.61 Å². The fourth-order valence-corrected chi connectivity index (χ4v) is 1.82. The Hall–Kier alpha value is -1.66. The molecule has 1 saturated heterocycles. The molecule has 104 valence electrons. The number of hydrogen-bond donors (Lipinski definition) is 2. The van der Waals surface area contributed by atoms with E-state index in [4.69, 9.17) is 19.5 Å². The van der Waals surface area contributed by atoms with E-state index < -0.39 is 7.12 Å². The molecule has 0 amide bonds. The summed E-state index contributed by atoms with van der Waals surface area (Å²) < 4.78 is 10.4. The minimum Gasteiger partial charge on any atom is -0.423 e. The Morgan fingerprint density at radius 1 is 0.900 bits per heavy atom. The molecule has 2 aromatic rings. The van der Waals surface area contributed by atoms with Gasteiger partial charge in [-0.25, -0.2) is 0 Å². The van der Waals surface area contributed by atoms with Gasteiger partial charge in [0.1, 0.15) is 12.9 Å². The quantitative estimate of drug-likeness (QED) is 0.804. The average Bonchev–Trinajstić information content (AvgIpc) is 3.04. The van der Waals surface area contributed by atoms with E-state index in [0.29, 0.717) is 18.9 Å². The molecule has 0 aromatic heterocycles. The standard InChI is InChI=1S/C9H10O2.C6H7BO2/c1-2-4-8(5-3-1)9-6-10-7-11-9;8-7(9)6-4-2-1-3-5-6/h1-5,9H,6-7H2;1-5,8-9H. The van der Waals surface area contributed by atoms with Crippen molar-refractivity contribution in [2.45, 2.75) is 6.10 Å². The van der Waals surface area contributed by atoms with Gasteiger partial charge >= 0.3 is 7.12 Å². The molecular weight excluding hydrogens is 255 g/mol. The van der Waals surface area contributed by atoms with E-state index in [1.165, 1.54) is 5.56 Å². The van der Waals surface area contributed by atoms with E-state index in [-0.39, 0.29) is 6.10 Å². The van der Waals surface area contributed by atoms with Crippen LogP contribution in [-0.4, -0.2) is 30.6 Å². The van der Waals surface area contributed by atoms with Gasteiger partial charge in [0.25, 0.3) is 0 Å². The third-order valence-electron chi connectivity index (χ3n) is 2.89. The number of rotatable bonds is 2. The van der Waals surface area contributed by atoms with E-state index in [0.717, 1.165) is 0 Å². The summed E-state index contributed by atoms with van der Waals surface area (Å²) in [7, 11) is -1.34. The largest absolute Gasteiger partial charge is 0.488 e. The summed E-state index contributed by atoms with van der Waals surface area (Å²) in [5, 5.41) is 17.2.